The molecule has 0 aliphatic carbocycles. The number of rotatable bonds is 4. The van der Waals surface area contributed by atoms with E-state index >= 15 is 0 Å². The number of hydrogen-bond acceptors (Lipinski definition) is 2. The van der Waals surface area contributed by atoms with Crippen LogP contribution in [0.4, 0.5) is 5.69 Å². The van der Waals surface area contributed by atoms with Crippen LogP contribution in [0.1, 0.15) is 6.92 Å². The van der Waals surface area contributed by atoms with Gasteiger partial charge in [0.15, 0.2) is 5.58 Å². The van der Waals surface area contributed by atoms with E-state index in [0.29, 0.717) is 0 Å². The lowest BCUT2D eigenvalue weighted by atomic mass is 10.1. The monoisotopic (exact) mass is 428 g/mol. The number of aromatic nitrogens is 1. The number of nitrogens with zero attached hydrogens (tertiary/aromatic N) is 2. The molecule has 2 aromatic heterocycles. The van der Waals surface area contributed by atoms with Crippen molar-refractivity contribution in [2.24, 2.45) is 0 Å². The molecule has 0 bridgehead atoms. The van der Waals surface area contributed by atoms with Crippen LogP contribution in [-0.4, -0.2) is 11.6 Å². The number of furan rings is 1. The van der Waals surface area contributed by atoms with E-state index in [-0.39, 0.29) is 0 Å². The largest absolute Gasteiger partial charge is 0.454 e. The first-order valence-corrected chi connectivity index (χ1v) is 11.2. The lowest BCUT2D eigenvalue weighted by Gasteiger charge is -2.19. The molecule has 2 heterocycles. The molecule has 0 amide bonds. The summed E-state index contributed by atoms with van der Waals surface area (Å²) >= 11 is 0. The van der Waals surface area contributed by atoms with Crippen LogP contribution in [0, 0.1) is 0 Å². The van der Waals surface area contributed by atoms with E-state index in [1.54, 1.807) is 0 Å². The van der Waals surface area contributed by atoms with Crippen molar-refractivity contribution >= 4 is 49.4 Å². The molecule has 0 unspecified atom stereocenters. The molecule has 0 fully saturated rings. The van der Waals surface area contributed by atoms with Gasteiger partial charge in [-0.25, -0.2) is 0 Å². The Kier molecular flexibility index (Phi) is 4.37. The van der Waals surface area contributed by atoms with E-state index in [9.17, 15) is 0 Å². The quantitative estimate of drug-likeness (QED) is 0.264. The third-order valence-electron chi connectivity index (χ3n) is 6.46. The molecule has 3 nitrogen and oxygen atoms in total. The van der Waals surface area contributed by atoms with Crippen LogP contribution in [0.25, 0.3) is 49.4 Å². The Labute approximate surface area is 192 Å². The van der Waals surface area contributed by atoms with Gasteiger partial charge in [-0.3, -0.25) is 0 Å². The summed E-state index contributed by atoms with van der Waals surface area (Å²) in [5, 5.41) is 4.70. The second kappa shape index (κ2) is 7.42. The van der Waals surface area contributed by atoms with Crippen molar-refractivity contribution in [3.63, 3.8) is 0 Å². The first kappa shape index (κ1) is 19.4. The molecule has 0 aliphatic heterocycles. The number of likely N-dealkylation sites (N-methyl/N-ethyl adjacent to an activating group) is 1. The molecule has 6 aromatic rings. The maximum absolute atomic E-state index is 6.47. The first-order chi connectivity index (χ1) is 16.2. The first-order valence-electron chi connectivity index (χ1n) is 11.2. The standard InChI is InChI=1S/C30H24N2O/c1-4-10-20(2)31(3)21-17-18-29-25(19-21)24-13-9-16-28(30(24)33-29)32-26-14-7-5-11-22(26)23-12-6-8-15-27(23)32/h4-19H,2H2,1,3H3/b10-4-. The van der Waals surface area contributed by atoms with E-state index in [1.165, 1.54) is 21.8 Å². The second-order valence-electron chi connectivity index (χ2n) is 8.36. The lowest BCUT2D eigenvalue weighted by Crippen LogP contribution is -2.13. The highest BCUT2D eigenvalue weighted by Crippen LogP contribution is 2.38. The Morgan fingerprint density at radius 2 is 1.48 bits per heavy atom. The number of benzene rings is 4. The molecular formula is C30H24N2O. The minimum atomic E-state index is 0.881. The van der Waals surface area contributed by atoms with Crippen LogP contribution in [0.15, 0.2) is 114 Å². The van der Waals surface area contributed by atoms with E-state index in [0.717, 1.165) is 39.0 Å². The van der Waals surface area contributed by atoms with Crippen molar-refractivity contribution in [3.8, 4) is 5.69 Å². The van der Waals surface area contributed by atoms with Gasteiger partial charge in [-0.1, -0.05) is 61.2 Å². The van der Waals surface area contributed by atoms with Crippen molar-refractivity contribution in [1.82, 2.24) is 4.57 Å². The minimum Gasteiger partial charge on any atom is -0.454 e. The number of hydrogen-bond donors (Lipinski definition) is 0. The highest BCUT2D eigenvalue weighted by molar-refractivity contribution is 6.13. The predicted octanol–water partition coefficient (Wildman–Crippen LogP) is 8.21. The summed E-state index contributed by atoms with van der Waals surface area (Å²) in [6.07, 6.45) is 4.01. The predicted molar refractivity (Wildman–Crippen MR) is 140 cm³/mol. The van der Waals surface area contributed by atoms with Crippen LogP contribution in [0.2, 0.25) is 0 Å². The maximum Gasteiger partial charge on any atom is 0.159 e. The smallest absolute Gasteiger partial charge is 0.159 e. The maximum atomic E-state index is 6.47. The molecule has 160 valence electrons. The second-order valence-corrected chi connectivity index (χ2v) is 8.36. The molecule has 3 heteroatoms. The van der Waals surface area contributed by atoms with E-state index in [1.807, 2.05) is 26.1 Å². The molecule has 0 saturated heterocycles. The average molecular weight is 429 g/mol. The van der Waals surface area contributed by atoms with Gasteiger partial charge in [0, 0.05) is 40.0 Å². The zero-order valence-electron chi connectivity index (χ0n) is 18.7. The van der Waals surface area contributed by atoms with Crippen molar-refractivity contribution < 1.29 is 4.42 Å². The van der Waals surface area contributed by atoms with E-state index < -0.39 is 0 Å². The van der Waals surface area contributed by atoms with Crippen molar-refractivity contribution in [2.75, 3.05) is 11.9 Å². The molecule has 0 saturated carbocycles. The molecule has 0 radical (unpaired) electrons. The Morgan fingerprint density at radius 1 is 0.818 bits per heavy atom. The molecule has 4 aromatic carbocycles. The molecule has 0 atom stereocenters. The van der Waals surface area contributed by atoms with Gasteiger partial charge in [-0.15, -0.1) is 0 Å². The Balaban J connectivity index is 1.63. The number of fused-ring (bicyclic) bond motifs is 6. The van der Waals surface area contributed by atoms with Crippen molar-refractivity contribution in [3.05, 3.63) is 109 Å². The van der Waals surface area contributed by atoms with Gasteiger partial charge in [0.25, 0.3) is 0 Å². The van der Waals surface area contributed by atoms with E-state index in [4.69, 9.17) is 4.42 Å². The molecule has 0 aliphatic rings. The summed E-state index contributed by atoms with van der Waals surface area (Å²) in [5.74, 6) is 0. The Bertz CT molecular complexity index is 1660. The topological polar surface area (TPSA) is 21.3 Å². The summed E-state index contributed by atoms with van der Waals surface area (Å²) < 4.78 is 8.79. The Hall–Kier alpha value is -4.24. The van der Waals surface area contributed by atoms with E-state index in [2.05, 4.69) is 101 Å². The Morgan fingerprint density at radius 3 is 2.18 bits per heavy atom. The van der Waals surface area contributed by atoms with Crippen LogP contribution >= 0.6 is 0 Å². The summed E-state index contributed by atoms with van der Waals surface area (Å²) in [6.45, 7) is 6.17. The van der Waals surface area contributed by atoms with Crippen LogP contribution in [-0.2, 0) is 0 Å². The normalized spacial score (nSPS) is 11.9. The summed E-state index contributed by atoms with van der Waals surface area (Å²) in [4.78, 5) is 2.09. The van der Waals surface area contributed by atoms with Gasteiger partial charge < -0.3 is 13.9 Å². The van der Waals surface area contributed by atoms with Gasteiger partial charge >= 0.3 is 0 Å². The fourth-order valence-electron chi connectivity index (χ4n) is 4.81. The van der Waals surface area contributed by atoms with Gasteiger partial charge in [-0.2, -0.15) is 0 Å². The average Bonchev–Trinajstić information content (AvgIpc) is 3.39. The molecular weight excluding hydrogens is 404 g/mol. The van der Waals surface area contributed by atoms with Crippen LogP contribution in [0.3, 0.4) is 0 Å². The fraction of sp³-hybridized carbons (Fsp3) is 0.0667. The minimum absolute atomic E-state index is 0.881. The van der Waals surface area contributed by atoms with Crippen molar-refractivity contribution in [2.45, 2.75) is 6.92 Å². The number of anilines is 1. The van der Waals surface area contributed by atoms with Crippen molar-refractivity contribution in [1.29, 1.82) is 0 Å². The summed E-state index contributed by atoms with van der Waals surface area (Å²) in [6, 6.07) is 29.8. The summed E-state index contributed by atoms with van der Waals surface area (Å²) in [7, 11) is 2.04. The van der Waals surface area contributed by atoms with Crippen LogP contribution < -0.4 is 4.90 Å². The molecule has 6 rings (SSSR count). The number of allylic oxidation sites excluding steroid dienone is 2. The van der Waals surface area contributed by atoms with Gasteiger partial charge in [0.05, 0.1) is 16.7 Å². The number of para-hydroxylation sites is 3. The third kappa shape index (κ3) is 2.90. The molecule has 0 spiro atoms. The lowest BCUT2D eigenvalue weighted by molar-refractivity contribution is 0.666. The molecule has 33 heavy (non-hydrogen) atoms. The SMILES string of the molecule is C=C(/C=C\C)N(C)c1ccc2oc3c(-n4c5ccccc5c5ccccc54)cccc3c2c1. The fourth-order valence-corrected chi connectivity index (χ4v) is 4.81. The highest BCUT2D eigenvalue weighted by Gasteiger charge is 2.17. The zero-order chi connectivity index (χ0) is 22.5. The van der Waals surface area contributed by atoms with Crippen LogP contribution in [0.5, 0.6) is 0 Å². The van der Waals surface area contributed by atoms with Gasteiger partial charge in [0.2, 0.25) is 0 Å². The van der Waals surface area contributed by atoms with Gasteiger partial charge in [-0.05, 0) is 49.4 Å². The molecule has 0 N–H and O–H groups in total. The highest BCUT2D eigenvalue weighted by atomic mass is 16.3. The van der Waals surface area contributed by atoms with Gasteiger partial charge in [0.1, 0.15) is 5.58 Å². The zero-order valence-corrected chi connectivity index (χ0v) is 18.7. The summed E-state index contributed by atoms with van der Waals surface area (Å²) in [5.41, 5.74) is 7.20. The third-order valence-corrected chi connectivity index (χ3v) is 6.46.